The average molecular weight is 662 g/mol. The highest BCUT2D eigenvalue weighted by Gasteiger charge is 2.27. The predicted molar refractivity (Wildman–Crippen MR) is 182 cm³/mol. The normalized spacial score (nSPS) is 17.6. The van der Waals surface area contributed by atoms with Gasteiger partial charge in [-0.1, -0.05) is 18.5 Å². The summed E-state index contributed by atoms with van der Waals surface area (Å²) in [5.41, 5.74) is 3.44. The smallest absolute Gasteiger partial charge is 0.232 e. The Morgan fingerprint density at radius 2 is 1.87 bits per heavy atom. The quantitative estimate of drug-likeness (QED) is 0.270. The number of aryl methyl sites for hydroxylation is 1. The Labute approximate surface area is 275 Å². The Morgan fingerprint density at radius 3 is 2.53 bits per heavy atom. The zero-order chi connectivity index (χ0) is 34.6. The van der Waals surface area contributed by atoms with Crippen molar-refractivity contribution in [1.82, 2.24) is 20.2 Å². The SMILES string of the molecule is [2H]C([2H])([2H])Oc1ccc(Nc2nc(Nc3cc(CC)c(N4CCC(N5CCNCC5)CC4)cc3OC)ncc2Cl)c(N(C)S(C)(=O)=O)c1. The van der Waals surface area contributed by atoms with Crippen LogP contribution in [0.4, 0.5) is 34.5 Å². The van der Waals surface area contributed by atoms with Crippen LogP contribution in [0.3, 0.4) is 0 Å². The Kier molecular flexibility index (Phi) is 9.17. The molecule has 2 aromatic carbocycles. The number of anilines is 6. The van der Waals surface area contributed by atoms with Crippen molar-refractivity contribution in [2.24, 2.45) is 0 Å². The van der Waals surface area contributed by atoms with Crippen LogP contribution in [-0.2, 0) is 16.4 Å². The Hall–Kier alpha value is -3.52. The van der Waals surface area contributed by atoms with E-state index >= 15 is 0 Å². The second kappa shape index (κ2) is 14.3. The standard InChI is InChI=1S/C31H43ClN8O4S/c1-6-21-17-26(29(44-4)19-27(21)40-13-9-22(10-14-40)39-15-11-33-12-16-39)36-31-34-20-24(32)30(37-31)35-25-8-7-23(43-3)18-28(25)38(2)45(5,41)42/h7-8,17-20,22,33H,6,9-16H2,1-5H3,(H2,34,35,36,37)/i3D3. The van der Waals surface area contributed by atoms with Gasteiger partial charge in [0.2, 0.25) is 16.0 Å². The molecule has 0 amide bonds. The fourth-order valence-corrected chi connectivity index (χ4v) is 6.51. The van der Waals surface area contributed by atoms with Gasteiger partial charge in [0.15, 0.2) is 5.82 Å². The number of nitrogens with one attached hydrogen (secondary N) is 3. The van der Waals surface area contributed by atoms with Gasteiger partial charge in [0.25, 0.3) is 0 Å². The van der Waals surface area contributed by atoms with Gasteiger partial charge in [-0.05, 0) is 43.0 Å². The van der Waals surface area contributed by atoms with Crippen LogP contribution in [0.25, 0.3) is 0 Å². The molecule has 0 atom stereocenters. The lowest BCUT2D eigenvalue weighted by atomic mass is 9.99. The summed E-state index contributed by atoms with van der Waals surface area (Å²) >= 11 is 6.48. The van der Waals surface area contributed by atoms with Gasteiger partial charge in [-0.3, -0.25) is 9.21 Å². The molecule has 5 rings (SSSR count). The molecule has 0 saturated carbocycles. The van der Waals surface area contributed by atoms with Gasteiger partial charge in [-0.15, -0.1) is 0 Å². The van der Waals surface area contributed by atoms with Crippen LogP contribution in [0.15, 0.2) is 36.5 Å². The Balaban J connectivity index is 1.38. The number of piperazine rings is 1. The number of halogens is 1. The van der Waals surface area contributed by atoms with Crippen LogP contribution in [0.1, 0.15) is 29.4 Å². The summed E-state index contributed by atoms with van der Waals surface area (Å²) in [6.45, 7) is 8.41. The van der Waals surface area contributed by atoms with Crippen molar-refractivity contribution in [1.29, 1.82) is 0 Å². The molecule has 3 heterocycles. The topological polar surface area (TPSA) is 124 Å². The minimum absolute atomic E-state index is 0.0339. The highest BCUT2D eigenvalue weighted by Crippen LogP contribution is 2.38. The van der Waals surface area contributed by atoms with Crippen LogP contribution in [0.5, 0.6) is 11.5 Å². The first kappa shape index (κ1) is 28.9. The van der Waals surface area contributed by atoms with E-state index in [1.54, 1.807) is 7.11 Å². The van der Waals surface area contributed by atoms with Crippen LogP contribution in [0, 0.1) is 0 Å². The molecule has 2 saturated heterocycles. The third kappa shape index (κ3) is 7.66. The van der Waals surface area contributed by atoms with Crippen molar-refractivity contribution in [3.8, 4) is 11.5 Å². The van der Waals surface area contributed by atoms with E-state index < -0.39 is 17.1 Å². The lowest BCUT2D eigenvalue weighted by Gasteiger charge is -2.41. The molecule has 1 aromatic heterocycles. The summed E-state index contributed by atoms with van der Waals surface area (Å²) < 4.78 is 59.0. The third-order valence-electron chi connectivity index (χ3n) is 8.42. The summed E-state index contributed by atoms with van der Waals surface area (Å²) in [4.78, 5) is 14.0. The van der Waals surface area contributed by atoms with Gasteiger partial charge in [-0.2, -0.15) is 4.98 Å². The molecular weight excluding hydrogens is 616 g/mol. The zero-order valence-corrected chi connectivity index (χ0v) is 27.6. The van der Waals surface area contributed by atoms with Crippen molar-refractivity contribution < 1.29 is 22.0 Å². The first-order chi connectivity index (χ1) is 22.8. The molecule has 2 aliphatic rings. The Bertz CT molecular complexity index is 1700. The number of benzene rings is 2. The van der Waals surface area contributed by atoms with Gasteiger partial charge in [-0.25, -0.2) is 13.4 Å². The summed E-state index contributed by atoms with van der Waals surface area (Å²) in [6.07, 6.45) is 5.52. The lowest BCUT2D eigenvalue weighted by molar-refractivity contribution is 0.150. The summed E-state index contributed by atoms with van der Waals surface area (Å²) in [6, 6.07) is 8.96. The first-order valence-corrected chi connectivity index (χ1v) is 17.2. The van der Waals surface area contributed by atoms with Gasteiger partial charge < -0.3 is 30.3 Å². The summed E-state index contributed by atoms with van der Waals surface area (Å²) in [5, 5.41) is 9.95. The monoisotopic (exact) mass is 661 g/mol. The van der Waals surface area contributed by atoms with Gasteiger partial charge in [0.1, 0.15) is 16.5 Å². The number of methoxy groups -OCH3 is 2. The molecule has 2 aliphatic heterocycles. The van der Waals surface area contributed by atoms with Crippen molar-refractivity contribution in [2.45, 2.75) is 32.2 Å². The zero-order valence-electron chi connectivity index (χ0n) is 29.1. The fourth-order valence-electron chi connectivity index (χ4n) is 5.86. The molecule has 2 fully saturated rings. The number of hydrogen-bond acceptors (Lipinski definition) is 11. The summed E-state index contributed by atoms with van der Waals surface area (Å²) in [5.74, 6) is 1.03. The van der Waals surface area contributed by atoms with Crippen molar-refractivity contribution >= 4 is 56.1 Å². The number of ether oxygens (including phenoxy) is 2. The minimum Gasteiger partial charge on any atom is -0.497 e. The maximum Gasteiger partial charge on any atom is 0.232 e. The molecule has 0 spiro atoms. The van der Waals surface area contributed by atoms with E-state index in [1.165, 1.54) is 37.0 Å². The van der Waals surface area contributed by atoms with Crippen molar-refractivity contribution in [3.05, 3.63) is 47.1 Å². The molecule has 0 unspecified atom stereocenters. The highest BCUT2D eigenvalue weighted by atomic mass is 35.5. The number of hydrogen-bond donors (Lipinski definition) is 3. The predicted octanol–water partition coefficient (Wildman–Crippen LogP) is 4.47. The molecule has 3 aromatic rings. The first-order valence-electron chi connectivity index (χ1n) is 16.5. The van der Waals surface area contributed by atoms with E-state index in [4.69, 9.17) is 25.2 Å². The van der Waals surface area contributed by atoms with E-state index in [1.807, 2.05) is 0 Å². The van der Waals surface area contributed by atoms with Gasteiger partial charge >= 0.3 is 0 Å². The van der Waals surface area contributed by atoms with Gasteiger partial charge in [0, 0.05) is 70.2 Å². The van der Waals surface area contributed by atoms with Crippen LogP contribution in [0.2, 0.25) is 5.02 Å². The molecule has 3 N–H and O–H groups in total. The number of piperidine rings is 1. The molecule has 12 nitrogen and oxygen atoms in total. The van der Waals surface area contributed by atoms with E-state index in [-0.39, 0.29) is 28.2 Å². The molecule has 0 aliphatic carbocycles. The second-order valence-corrected chi connectivity index (χ2v) is 13.6. The van der Waals surface area contributed by atoms with E-state index in [0.717, 1.165) is 74.8 Å². The molecule has 244 valence electrons. The van der Waals surface area contributed by atoms with Crippen molar-refractivity contribution in [3.63, 3.8) is 0 Å². The van der Waals surface area contributed by atoms with Crippen LogP contribution >= 0.6 is 11.6 Å². The van der Waals surface area contributed by atoms with E-state index in [0.29, 0.717) is 23.2 Å². The van der Waals surface area contributed by atoms with Crippen LogP contribution in [-0.4, -0.2) is 96.0 Å². The van der Waals surface area contributed by atoms with Crippen LogP contribution < -0.4 is 34.6 Å². The summed E-state index contributed by atoms with van der Waals surface area (Å²) in [7, 11) is -3.47. The molecule has 14 heteroatoms. The maximum absolute atomic E-state index is 12.4. The Morgan fingerprint density at radius 1 is 1.11 bits per heavy atom. The number of rotatable bonds is 11. The molecule has 0 radical (unpaired) electrons. The lowest BCUT2D eigenvalue weighted by Crippen LogP contribution is -2.52. The third-order valence-corrected chi connectivity index (χ3v) is 9.89. The number of aromatic nitrogens is 2. The fraction of sp³-hybridized carbons (Fsp3) is 0.484. The second-order valence-electron chi connectivity index (χ2n) is 11.2. The average Bonchev–Trinajstić information content (AvgIpc) is 3.05. The van der Waals surface area contributed by atoms with Crippen molar-refractivity contribution in [2.75, 3.05) is 86.6 Å². The number of nitrogens with zero attached hydrogens (tertiary/aromatic N) is 5. The van der Waals surface area contributed by atoms with E-state index in [2.05, 4.69) is 54.8 Å². The largest absolute Gasteiger partial charge is 0.497 e. The molecule has 0 bridgehead atoms. The molecule has 45 heavy (non-hydrogen) atoms. The minimum atomic E-state index is -3.73. The number of sulfonamides is 1. The van der Waals surface area contributed by atoms with Gasteiger partial charge in [0.05, 0.1) is 47.8 Å². The van der Waals surface area contributed by atoms with E-state index in [9.17, 15) is 8.42 Å². The maximum atomic E-state index is 12.4. The molecular formula is C31H43ClN8O4S. The highest BCUT2D eigenvalue weighted by molar-refractivity contribution is 7.92.